The highest BCUT2D eigenvalue weighted by atomic mass is 19.2. The lowest BCUT2D eigenvalue weighted by molar-refractivity contribution is 0.134. The maximum Gasteiger partial charge on any atom is 0.159 e. The molecule has 1 aliphatic rings. The van der Waals surface area contributed by atoms with E-state index in [2.05, 4.69) is 0 Å². The van der Waals surface area contributed by atoms with E-state index < -0.39 is 17.7 Å². The predicted molar refractivity (Wildman–Crippen MR) is 65.4 cm³/mol. The number of rotatable bonds is 2. The van der Waals surface area contributed by atoms with Crippen molar-refractivity contribution in [3.05, 3.63) is 70.3 Å². The molecule has 1 N–H and O–H groups in total. The van der Waals surface area contributed by atoms with Gasteiger partial charge in [0, 0.05) is 0 Å². The second-order valence-electron chi connectivity index (χ2n) is 4.60. The van der Waals surface area contributed by atoms with Crippen molar-refractivity contribution in [1.82, 2.24) is 0 Å². The van der Waals surface area contributed by atoms with Crippen molar-refractivity contribution < 1.29 is 18.6 Å². The van der Waals surface area contributed by atoms with E-state index >= 15 is 0 Å². The molecule has 19 heavy (non-hydrogen) atoms. The number of ether oxygens (including phenoxy) is 1. The van der Waals surface area contributed by atoms with Crippen molar-refractivity contribution in [1.29, 1.82) is 0 Å². The average Bonchev–Trinajstić information content (AvgIpc) is 2.88. The van der Waals surface area contributed by atoms with Crippen molar-refractivity contribution in [2.75, 3.05) is 0 Å². The van der Waals surface area contributed by atoms with Crippen LogP contribution in [0.25, 0.3) is 0 Å². The Balaban J connectivity index is 1.94. The predicted octanol–water partition coefficient (Wildman–Crippen LogP) is 3.08. The van der Waals surface area contributed by atoms with E-state index in [-0.39, 0.29) is 0 Å². The SMILES string of the molecule is OC(c1ccc(F)c(F)c1)c1ccc2c(c1)COC2. The number of fused-ring (bicyclic) bond motifs is 1. The molecule has 1 unspecified atom stereocenters. The van der Waals surface area contributed by atoms with Crippen molar-refractivity contribution in [2.24, 2.45) is 0 Å². The molecule has 0 spiro atoms. The van der Waals surface area contributed by atoms with E-state index in [1.54, 1.807) is 6.07 Å². The summed E-state index contributed by atoms with van der Waals surface area (Å²) < 4.78 is 31.3. The first-order valence-corrected chi connectivity index (χ1v) is 5.97. The lowest BCUT2D eigenvalue weighted by Gasteiger charge is -2.13. The average molecular weight is 262 g/mol. The lowest BCUT2D eigenvalue weighted by atomic mass is 9.98. The van der Waals surface area contributed by atoms with Crippen LogP contribution in [-0.4, -0.2) is 5.11 Å². The number of benzene rings is 2. The van der Waals surface area contributed by atoms with Gasteiger partial charge in [0.1, 0.15) is 6.10 Å². The minimum Gasteiger partial charge on any atom is -0.384 e. The Morgan fingerprint density at radius 1 is 0.895 bits per heavy atom. The van der Waals surface area contributed by atoms with E-state index in [4.69, 9.17) is 4.74 Å². The second-order valence-corrected chi connectivity index (χ2v) is 4.60. The molecule has 0 saturated heterocycles. The molecule has 0 amide bonds. The fraction of sp³-hybridized carbons (Fsp3) is 0.200. The van der Waals surface area contributed by atoms with Gasteiger partial charge in [-0.1, -0.05) is 24.3 Å². The van der Waals surface area contributed by atoms with E-state index in [1.165, 1.54) is 6.07 Å². The van der Waals surface area contributed by atoms with Crippen LogP contribution in [0.3, 0.4) is 0 Å². The highest BCUT2D eigenvalue weighted by Gasteiger charge is 2.17. The van der Waals surface area contributed by atoms with Crippen LogP contribution >= 0.6 is 0 Å². The summed E-state index contributed by atoms with van der Waals surface area (Å²) in [6, 6.07) is 8.93. The second kappa shape index (κ2) is 4.72. The summed E-state index contributed by atoms with van der Waals surface area (Å²) in [7, 11) is 0. The molecule has 0 aromatic heterocycles. The van der Waals surface area contributed by atoms with Gasteiger partial charge in [0.15, 0.2) is 11.6 Å². The van der Waals surface area contributed by atoms with E-state index in [9.17, 15) is 13.9 Å². The van der Waals surface area contributed by atoms with Crippen LogP contribution in [0.2, 0.25) is 0 Å². The van der Waals surface area contributed by atoms with Gasteiger partial charge < -0.3 is 9.84 Å². The monoisotopic (exact) mass is 262 g/mol. The highest BCUT2D eigenvalue weighted by molar-refractivity contribution is 5.38. The molecule has 0 fully saturated rings. The Morgan fingerprint density at radius 3 is 2.37 bits per heavy atom. The third-order valence-corrected chi connectivity index (χ3v) is 3.32. The molecular formula is C15H12F2O2. The minimum absolute atomic E-state index is 0.331. The first-order chi connectivity index (χ1) is 9.15. The molecular weight excluding hydrogens is 250 g/mol. The Kier molecular flexibility index (Phi) is 3.05. The van der Waals surface area contributed by atoms with Crippen LogP contribution in [0.1, 0.15) is 28.4 Å². The fourth-order valence-electron chi connectivity index (χ4n) is 2.24. The van der Waals surface area contributed by atoms with Crippen molar-refractivity contribution in [3.8, 4) is 0 Å². The van der Waals surface area contributed by atoms with Gasteiger partial charge in [-0.15, -0.1) is 0 Å². The van der Waals surface area contributed by atoms with Gasteiger partial charge in [-0.3, -0.25) is 0 Å². The first-order valence-electron chi connectivity index (χ1n) is 5.97. The number of hydrogen-bond acceptors (Lipinski definition) is 2. The normalized spacial score (nSPS) is 15.3. The topological polar surface area (TPSA) is 29.5 Å². The quantitative estimate of drug-likeness (QED) is 0.901. The van der Waals surface area contributed by atoms with Gasteiger partial charge in [0.2, 0.25) is 0 Å². The molecule has 3 rings (SSSR count). The van der Waals surface area contributed by atoms with Gasteiger partial charge in [0.25, 0.3) is 0 Å². The van der Waals surface area contributed by atoms with E-state index in [0.29, 0.717) is 24.3 Å². The van der Waals surface area contributed by atoms with E-state index in [1.807, 2.05) is 12.1 Å². The first kappa shape index (κ1) is 12.3. The van der Waals surface area contributed by atoms with Crippen molar-refractivity contribution in [2.45, 2.75) is 19.3 Å². The third kappa shape index (κ3) is 2.25. The van der Waals surface area contributed by atoms with Crippen LogP contribution in [0.15, 0.2) is 36.4 Å². The summed E-state index contributed by atoms with van der Waals surface area (Å²) in [4.78, 5) is 0. The fourth-order valence-corrected chi connectivity index (χ4v) is 2.24. The van der Waals surface area contributed by atoms with Crippen molar-refractivity contribution >= 4 is 0 Å². The molecule has 98 valence electrons. The highest BCUT2D eigenvalue weighted by Crippen LogP contribution is 2.28. The Labute approximate surface area is 109 Å². The van der Waals surface area contributed by atoms with Crippen LogP contribution in [0.4, 0.5) is 8.78 Å². The summed E-state index contributed by atoms with van der Waals surface area (Å²) >= 11 is 0. The van der Waals surface area contributed by atoms with Crippen LogP contribution in [0, 0.1) is 11.6 Å². The smallest absolute Gasteiger partial charge is 0.159 e. The Hall–Kier alpha value is -1.78. The van der Waals surface area contributed by atoms with Gasteiger partial charge in [-0.05, 0) is 34.4 Å². The summed E-state index contributed by atoms with van der Waals surface area (Å²) in [5, 5.41) is 10.2. The standard InChI is InChI=1S/C15H12F2O2/c16-13-4-3-10(6-14(13)17)15(18)9-1-2-11-7-19-8-12(11)5-9/h1-6,15,18H,7-8H2. The van der Waals surface area contributed by atoms with Gasteiger partial charge >= 0.3 is 0 Å². The number of halogens is 2. The van der Waals surface area contributed by atoms with Crippen LogP contribution in [-0.2, 0) is 18.0 Å². The van der Waals surface area contributed by atoms with Gasteiger partial charge in [-0.2, -0.15) is 0 Å². The molecule has 0 radical (unpaired) electrons. The van der Waals surface area contributed by atoms with Crippen LogP contribution in [0.5, 0.6) is 0 Å². The molecule has 1 atom stereocenters. The number of aliphatic hydroxyl groups is 1. The summed E-state index contributed by atoms with van der Waals surface area (Å²) in [5.41, 5.74) is 3.10. The third-order valence-electron chi connectivity index (χ3n) is 3.32. The van der Waals surface area contributed by atoms with Gasteiger partial charge in [0.05, 0.1) is 13.2 Å². The molecule has 2 aromatic rings. The van der Waals surface area contributed by atoms with Crippen molar-refractivity contribution in [3.63, 3.8) is 0 Å². The lowest BCUT2D eigenvalue weighted by Crippen LogP contribution is -2.02. The summed E-state index contributed by atoms with van der Waals surface area (Å²) in [6.07, 6.45) is -0.971. The molecule has 0 aliphatic carbocycles. The molecule has 1 heterocycles. The maximum absolute atomic E-state index is 13.2. The zero-order valence-electron chi connectivity index (χ0n) is 10.1. The van der Waals surface area contributed by atoms with Gasteiger partial charge in [-0.25, -0.2) is 8.78 Å². The number of hydrogen-bond donors (Lipinski definition) is 1. The largest absolute Gasteiger partial charge is 0.384 e. The molecule has 2 aromatic carbocycles. The Bertz CT molecular complexity index is 626. The molecule has 4 heteroatoms. The molecule has 0 saturated carbocycles. The zero-order chi connectivity index (χ0) is 13.4. The molecule has 1 aliphatic heterocycles. The maximum atomic E-state index is 13.2. The Morgan fingerprint density at radius 2 is 1.58 bits per heavy atom. The molecule has 2 nitrogen and oxygen atoms in total. The number of aliphatic hydroxyl groups excluding tert-OH is 1. The molecule has 0 bridgehead atoms. The van der Waals surface area contributed by atoms with E-state index in [0.717, 1.165) is 23.3 Å². The minimum atomic E-state index is -0.971. The van der Waals surface area contributed by atoms with Crippen LogP contribution < -0.4 is 0 Å². The summed E-state index contributed by atoms with van der Waals surface area (Å²) in [5.74, 6) is -1.88. The summed E-state index contributed by atoms with van der Waals surface area (Å²) in [6.45, 7) is 1.10. The zero-order valence-corrected chi connectivity index (χ0v) is 10.1.